The summed E-state index contributed by atoms with van der Waals surface area (Å²) in [5, 5.41) is 12.6. The van der Waals surface area contributed by atoms with Crippen LogP contribution >= 0.6 is 0 Å². The maximum Gasteiger partial charge on any atom is 0.255 e. The van der Waals surface area contributed by atoms with E-state index in [2.05, 4.69) is 22.0 Å². The third-order valence-corrected chi connectivity index (χ3v) is 4.06. The molecule has 0 atom stereocenters. The van der Waals surface area contributed by atoms with E-state index in [1.165, 1.54) is 0 Å². The molecule has 0 aliphatic rings. The first-order chi connectivity index (χ1) is 11.5. The molecule has 1 amide bonds. The van der Waals surface area contributed by atoms with Crippen LogP contribution in [0, 0.1) is 20.8 Å². The van der Waals surface area contributed by atoms with Gasteiger partial charge in [-0.1, -0.05) is 6.07 Å². The number of nitrogens with one attached hydrogen (secondary N) is 1. The van der Waals surface area contributed by atoms with E-state index in [0.29, 0.717) is 11.3 Å². The van der Waals surface area contributed by atoms with Gasteiger partial charge in [-0.2, -0.15) is 0 Å². The first kappa shape index (κ1) is 15.9. The summed E-state index contributed by atoms with van der Waals surface area (Å²) in [6, 6.07) is 16.7. The highest BCUT2D eigenvalue weighted by atomic mass is 16.3. The molecule has 1 aromatic heterocycles. The van der Waals surface area contributed by atoms with E-state index < -0.39 is 0 Å². The first-order valence-corrected chi connectivity index (χ1v) is 7.82. The largest absolute Gasteiger partial charge is 0.506 e. The topological polar surface area (TPSA) is 54.3 Å². The fourth-order valence-corrected chi connectivity index (χ4v) is 2.78. The fourth-order valence-electron chi connectivity index (χ4n) is 2.78. The van der Waals surface area contributed by atoms with Gasteiger partial charge in [0, 0.05) is 22.6 Å². The van der Waals surface area contributed by atoms with E-state index in [0.717, 1.165) is 22.6 Å². The van der Waals surface area contributed by atoms with E-state index in [1.807, 2.05) is 39.0 Å². The molecule has 0 bridgehead atoms. The van der Waals surface area contributed by atoms with Crippen LogP contribution in [0.4, 0.5) is 5.69 Å². The van der Waals surface area contributed by atoms with Crippen molar-refractivity contribution in [3.05, 3.63) is 77.1 Å². The van der Waals surface area contributed by atoms with Crippen molar-refractivity contribution in [1.29, 1.82) is 0 Å². The number of carbonyl (C=O) groups is 1. The van der Waals surface area contributed by atoms with Gasteiger partial charge in [0.25, 0.3) is 5.91 Å². The standard InChI is InChI=1S/C20H20N2O2/c1-13-4-11-18(19(23)12-13)21-20(24)16-7-9-17(10-8-16)22-14(2)5-6-15(22)3/h4-12,23H,1-3H3,(H,21,24). The molecular formula is C20H20N2O2. The predicted molar refractivity (Wildman–Crippen MR) is 96.0 cm³/mol. The van der Waals surface area contributed by atoms with Crippen molar-refractivity contribution < 1.29 is 9.90 Å². The van der Waals surface area contributed by atoms with Gasteiger partial charge in [0.1, 0.15) is 5.75 Å². The molecule has 122 valence electrons. The van der Waals surface area contributed by atoms with E-state index >= 15 is 0 Å². The normalized spacial score (nSPS) is 10.6. The average molecular weight is 320 g/mol. The lowest BCUT2D eigenvalue weighted by Gasteiger charge is -2.11. The second-order valence-electron chi connectivity index (χ2n) is 5.97. The van der Waals surface area contributed by atoms with Gasteiger partial charge >= 0.3 is 0 Å². The Morgan fingerprint density at radius 3 is 2.12 bits per heavy atom. The quantitative estimate of drug-likeness (QED) is 0.705. The van der Waals surface area contributed by atoms with Crippen LogP contribution in [0.5, 0.6) is 5.75 Å². The SMILES string of the molecule is Cc1ccc(NC(=O)c2ccc(-n3c(C)ccc3C)cc2)c(O)c1. The number of anilines is 1. The molecular weight excluding hydrogens is 300 g/mol. The van der Waals surface area contributed by atoms with Crippen molar-refractivity contribution in [2.75, 3.05) is 5.32 Å². The lowest BCUT2D eigenvalue weighted by atomic mass is 10.1. The zero-order valence-corrected chi connectivity index (χ0v) is 14.0. The number of phenols is 1. The molecule has 0 spiro atoms. The molecule has 1 heterocycles. The van der Waals surface area contributed by atoms with Crippen LogP contribution in [0.2, 0.25) is 0 Å². The summed E-state index contributed by atoms with van der Waals surface area (Å²) in [6.45, 7) is 5.98. The molecule has 0 unspecified atom stereocenters. The second-order valence-corrected chi connectivity index (χ2v) is 5.97. The van der Waals surface area contributed by atoms with Crippen molar-refractivity contribution in [3.63, 3.8) is 0 Å². The summed E-state index contributed by atoms with van der Waals surface area (Å²) in [5.41, 5.74) is 5.20. The summed E-state index contributed by atoms with van der Waals surface area (Å²) in [6.07, 6.45) is 0. The van der Waals surface area contributed by atoms with Gasteiger partial charge in [0.15, 0.2) is 0 Å². The van der Waals surface area contributed by atoms with Crippen molar-refractivity contribution >= 4 is 11.6 Å². The first-order valence-electron chi connectivity index (χ1n) is 7.82. The maximum absolute atomic E-state index is 12.4. The third kappa shape index (κ3) is 3.04. The number of aromatic hydroxyl groups is 1. The molecule has 3 rings (SSSR count). The summed E-state index contributed by atoms with van der Waals surface area (Å²) >= 11 is 0. The van der Waals surface area contributed by atoms with Crippen LogP contribution < -0.4 is 5.32 Å². The zero-order valence-electron chi connectivity index (χ0n) is 14.0. The van der Waals surface area contributed by atoms with Crippen LogP contribution in [0.3, 0.4) is 0 Å². The van der Waals surface area contributed by atoms with Crippen molar-refractivity contribution in [2.24, 2.45) is 0 Å². The van der Waals surface area contributed by atoms with Crippen LogP contribution in [0.1, 0.15) is 27.3 Å². The Kier molecular flexibility index (Phi) is 4.13. The van der Waals surface area contributed by atoms with Crippen LogP contribution in [-0.4, -0.2) is 15.6 Å². The number of phenolic OH excluding ortho intramolecular Hbond substituents is 1. The Bertz CT molecular complexity index is 873. The number of aryl methyl sites for hydroxylation is 3. The molecule has 0 saturated carbocycles. The molecule has 4 nitrogen and oxygen atoms in total. The number of rotatable bonds is 3. The van der Waals surface area contributed by atoms with Crippen molar-refractivity contribution in [1.82, 2.24) is 4.57 Å². The molecule has 2 N–H and O–H groups in total. The van der Waals surface area contributed by atoms with Crippen LogP contribution in [-0.2, 0) is 0 Å². The molecule has 0 aliphatic carbocycles. The molecule has 24 heavy (non-hydrogen) atoms. The zero-order chi connectivity index (χ0) is 17.3. The fraction of sp³-hybridized carbons (Fsp3) is 0.150. The lowest BCUT2D eigenvalue weighted by molar-refractivity contribution is 0.102. The monoisotopic (exact) mass is 320 g/mol. The van der Waals surface area contributed by atoms with Crippen molar-refractivity contribution in [3.8, 4) is 11.4 Å². The highest BCUT2D eigenvalue weighted by Crippen LogP contribution is 2.24. The molecule has 0 fully saturated rings. The maximum atomic E-state index is 12.4. The highest BCUT2D eigenvalue weighted by molar-refractivity contribution is 6.05. The number of carbonyl (C=O) groups excluding carboxylic acids is 1. The van der Waals surface area contributed by atoms with Gasteiger partial charge in [-0.3, -0.25) is 4.79 Å². The Morgan fingerprint density at radius 2 is 1.54 bits per heavy atom. The minimum atomic E-state index is -0.248. The Hall–Kier alpha value is -3.01. The Labute approximate surface area is 141 Å². The van der Waals surface area contributed by atoms with Gasteiger partial charge in [-0.15, -0.1) is 0 Å². The number of aromatic nitrogens is 1. The van der Waals surface area contributed by atoms with Gasteiger partial charge in [0.2, 0.25) is 0 Å². The van der Waals surface area contributed by atoms with Crippen LogP contribution in [0.25, 0.3) is 5.69 Å². The third-order valence-electron chi connectivity index (χ3n) is 4.06. The number of nitrogens with zero attached hydrogens (tertiary/aromatic N) is 1. The number of hydrogen-bond acceptors (Lipinski definition) is 2. The predicted octanol–water partition coefficient (Wildman–Crippen LogP) is 4.36. The Balaban J connectivity index is 1.81. The highest BCUT2D eigenvalue weighted by Gasteiger charge is 2.10. The molecule has 0 aliphatic heterocycles. The molecule has 3 aromatic rings. The Morgan fingerprint density at radius 1 is 0.917 bits per heavy atom. The van der Waals surface area contributed by atoms with E-state index in [9.17, 15) is 9.90 Å². The lowest BCUT2D eigenvalue weighted by Crippen LogP contribution is -2.12. The van der Waals surface area contributed by atoms with E-state index in [-0.39, 0.29) is 11.7 Å². The molecule has 2 aromatic carbocycles. The van der Waals surface area contributed by atoms with Gasteiger partial charge in [0.05, 0.1) is 5.69 Å². The van der Waals surface area contributed by atoms with Crippen LogP contribution in [0.15, 0.2) is 54.6 Å². The summed E-state index contributed by atoms with van der Waals surface area (Å²) < 4.78 is 2.13. The van der Waals surface area contributed by atoms with Gasteiger partial charge in [-0.05, 0) is 74.9 Å². The minimum absolute atomic E-state index is 0.0681. The molecule has 0 saturated heterocycles. The van der Waals surface area contributed by atoms with Gasteiger partial charge in [-0.25, -0.2) is 0 Å². The number of hydrogen-bond donors (Lipinski definition) is 2. The van der Waals surface area contributed by atoms with Crippen molar-refractivity contribution in [2.45, 2.75) is 20.8 Å². The van der Waals surface area contributed by atoms with Gasteiger partial charge < -0.3 is 15.0 Å². The minimum Gasteiger partial charge on any atom is -0.506 e. The molecule has 0 radical (unpaired) electrons. The average Bonchev–Trinajstić information content (AvgIpc) is 2.89. The second kappa shape index (κ2) is 6.24. The summed E-state index contributed by atoms with van der Waals surface area (Å²) in [4.78, 5) is 12.4. The number of benzene rings is 2. The smallest absolute Gasteiger partial charge is 0.255 e. The summed E-state index contributed by atoms with van der Waals surface area (Å²) in [7, 11) is 0. The van der Waals surface area contributed by atoms with E-state index in [1.54, 1.807) is 24.3 Å². The number of amides is 1. The van der Waals surface area contributed by atoms with E-state index in [4.69, 9.17) is 0 Å². The molecule has 4 heteroatoms. The summed E-state index contributed by atoms with van der Waals surface area (Å²) in [5.74, 6) is -0.180.